The summed E-state index contributed by atoms with van der Waals surface area (Å²) in [5.41, 5.74) is 1.90. The molecule has 1 amide bonds. The van der Waals surface area contributed by atoms with Crippen molar-refractivity contribution < 1.29 is 4.79 Å². The van der Waals surface area contributed by atoms with Gasteiger partial charge in [0.1, 0.15) is 0 Å². The minimum absolute atomic E-state index is 0.0204. The molecular formula is C8H8N2O. The topological polar surface area (TPSA) is 42.0 Å². The number of hydrogen-bond acceptors (Lipinski definition) is 2. The lowest BCUT2D eigenvalue weighted by Crippen LogP contribution is -2.08. The van der Waals surface area contributed by atoms with E-state index in [2.05, 4.69) is 10.3 Å². The number of pyridine rings is 1. The number of rotatable bonds is 0. The van der Waals surface area contributed by atoms with E-state index in [4.69, 9.17) is 0 Å². The SMILES string of the molecule is CC1C(=O)Nc2cnccc21. The molecule has 0 aromatic carbocycles. The van der Waals surface area contributed by atoms with Gasteiger partial charge >= 0.3 is 0 Å². The fraction of sp³-hybridized carbons (Fsp3) is 0.250. The molecule has 0 radical (unpaired) electrons. The van der Waals surface area contributed by atoms with E-state index in [9.17, 15) is 4.79 Å². The predicted molar refractivity (Wildman–Crippen MR) is 41.3 cm³/mol. The van der Waals surface area contributed by atoms with Crippen LogP contribution in [0.2, 0.25) is 0 Å². The van der Waals surface area contributed by atoms with Crippen LogP contribution < -0.4 is 5.32 Å². The number of nitrogens with zero attached hydrogens (tertiary/aromatic N) is 1. The van der Waals surface area contributed by atoms with E-state index in [1.807, 2.05) is 13.0 Å². The van der Waals surface area contributed by atoms with E-state index in [1.165, 1.54) is 0 Å². The summed E-state index contributed by atoms with van der Waals surface area (Å²) in [7, 11) is 0. The van der Waals surface area contributed by atoms with Gasteiger partial charge in [-0.2, -0.15) is 0 Å². The molecule has 1 aromatic heterocycles. The van der Waals surface area contributed by atoms with Gasteiger partial charge in [-0.15, -0.1) is 0 Å². The van der Waals surface area contributed by atoms with Gasteiger partial charge in [0.25, 0.3) is 0 Å². The van der Waals surface area contributed by atoms with Crippen molar-refractivity contribution in [2.45, 2.75) is 12.8 Å². The van der Waals surface area contributed by atoms with Crippen molar-refractivity contribution in [2.75, 3.05) is 5.32 Å². The molecule has 56 valence electrons. The Hall–Kier alpha value is -1.38. The zero-order valence-electron chi connectivity index (χ0n) is 6.16. The maximum Gasteiger partial charge on any atom is 0.231 e. The highest BCUT2D eigenvalue weighted by atomic mass is 16.2. The highest BCUT2D eigenvalue weighted by molar-refractivity contribution is 6.02. The highest BCUT2D eigenvalue weighted by Crippen LogP contribution is 2.30. The van der Waals surface area contributed by atoms with Crippen LogP contribution in [0.15, 0.2) is 18.5 Å². The summed E-state index contributed by atoms with van der Waals surface area (Å²) in [6.07, 6.45) is 3.38. The molecule has 2 heterocycles. The molecule has 1 aromatic rings. The molecule has 11 heavy (non-hydrogen) atoms. The lowest BCUT2D eigenvalue weighted by atomic mass is 10.1. The van der Waals surface area contributed by atoms with E-state index >= 15 is 0 Å². The van der Waals surface area contributed by atoms with Gasteiger partial charge in [-0.25, -0.2) is 0 Å². The Balaban J connectivity index is 2.55. The van der Waals surface area contributed by atoms with Crippen molar-refractivity contribution in [3.63, 3.8) is 0 Å². The number of carbonyl (C=O) groups excluding carboxylic acids is 1. The molecule has 0 spiro atoms. The number of anilines is 1. The minimum Gasteiger partial charge on any atom is -0.324 e. The van der Waals surface area contributed by atoms with Gasteiger partial charge in [-0.1, -0.05) is 0 Å². The van der Waals surface area contributed by atoms with Crippen LogP contribution in [-0.4, -0.2) is 10.9 Å². The maximum absolute atomic E-state index is 11.1. The standard InChI is InChI=1S/C8H8N2O/c1-5-6-2-3-9-4-7(6)10-8(5)11/h2-5H,1H3,(H,10,11). The third-order valence-corrected chi connectivity index (χ3v) is 1.97. The molecule has 1 unspecified atom stereocenters. The molecular weight excluding hydrogens is 140 g/mol. The Labute approximate surface area is 64.5 Å². The van der Waals surface area contributed by atoms with Crippen LogP contribution in [0.5, 0.6) is 0 Å². The summed E-state index contributed by atoms with van der Waals surface area (Å²) in [5, 5.41) is 2.75. The average molecular weight is 148 g/mol. The van der Waals surface area contributed by atoms with Crippen LogP contribution >= 0.6 is 0 Å². The van der Waals surface area contributed by atoms with Crippen molar-refractivity contribution in [1.82, 2.24) is 4.98 Å². The zero-order valence-corrected chi connectivity index (χ0v) is 6.16. The fourth-order valence-corrected chi connectivity index (χ4v) is 1.27. The quantitative estimate of drug-likeness (QED) is 0.599. The van der Waals surface area contributed by atoms with Gasteiger partial charge in [0, 0.05) is 6.20 Å². The van der Waals surface area contributed by atoms with Crippen LogP contribution in [0, 0.1) is 0 Å². The van der Waals surface area contributed by atoms with Crippen molar-refractivity contribution >= 4 is 11.6 Å². The van der Waals surface area contributed by atoms with Gasteiger partial charge in [-0.3, -0.25) is 9.78 Å². The summed E-state index contributed by atoms with van der Waals surface area (Å²) in [5.74, 6) is 0.0426. The van der Waals surface area contributed by atoms with E-state index in [0.29, 0.717) is 0 Å². The van der Waals surface area contributed by atoms with Gasteiger partial charge in [0.2, 0.25) is 5.91 Å². The molecule has 2 rings (SSSR count). The average Bonchev–Trinajstić information content (AvgIpc) is 2.30. The first-order valence-electron chi connectivity index (χ1n) is 3.54. The molecule has 3 nitrogen and oxygen atoms in total. The van der Waals surface area contributed by atoms with E-state index in [0.717, 1.165) is 11.3 Å². The van der Waals surface area contributed by atoms with E-state index in [-0.39, 0.29) is 11.8 Å². The maximum atomic E-state index is 11.1. The van der Waals surface area contributed by atoms with Gasteiger partial charge < -0.3 is 5.32 Å². The second-order valence-electron chi connectivity index (χ2n) is 2.67. The first-order valence-corrected chi connectivity index (χ1v) is 3.54. The first kappa shape index (κ1) is 6.34. The third kappa shape index (κ3) is 0.808. The van der Waals surface area contributed by atoms with Crippen molar-refractivity contribution in [3.05, 3.63) is 24.0 Å². The second kappa shape index (κ2) is 2.05. The van der Waals surface area contributed by atoms with Crippen LogP contribution in [0.1, 0.15) is 18.4 Å². The smallest absolute Gasteiger partial charge is 0.231 e. The molecule has 1 aliphatic rings. The number of aromatic nitrogens is 1. The summed E-state index contributed by atoms with van der Waals surface area (Å²) >= 11 is 0. The molecule has 0 saturated heterocycles. The Morgan fingerprint density at radius 2 is 2.45 bits per heavy atom. The second-order valence-corrected chi connectivity index (χ2v) is 2.67. The Bertz CT molecular complexity index is 309. The number of nitrogens with one attached hydrogen (secondary N) is 1. The van der Waals surface area contributed by atoms with Crippen LogP contribution in [0.25, 0.3) is 0 Å². The summed E-state index contributed by atoms with van der Waals surface area (Å²) in [6.45, 7) is 1.89. The van der Waals surface area contributed by atoms with Crippen molar-refractivity contribution in [2.24, 2.45) is 0 Å². The number of carbonyl (C=O) groups is 1. The first-order chi connectivity index (χ1) is 5.29. The molecule has 1 aliphatic heterocycles. The van der Waals surface area contributed by atoms with Crippen molar-refractivity contribution in [1.29, 1.82) is 0 Å². The molecule has 1 N–H and O–H groups in total. The minimum atomic E-state index is -0.0204. The fourth-order valence-electron chi connectivity index (χ4n) is 1.27. The van der Waals surface area contributed by atoms with Crippen molar-refractivity contribution in [3.8, 4) is 0 Å². The number of amides is 1. The number of fused-ring (bicyclic) bond motifs is 1. The summed E-state index contributed by atoms with van der Waals surface area (Å²) < 4.78 is 0. The largest absolute Gasteiger partial charge is 0.324 e. The Morgan fingerprint density at radius 3 is 3.18 bits per heavy atom. The highest BCUT2D eigenvalue weighted by Gasteiger charge is 2.25. The predicted octanol–water partition coefficient (Wildman–Crippen LogP) is 1.14. The summed E-state index contributed by atoms with van der Waals surface area (Å²) in [4.78, 5) is 15.0. The summed E-state index contributed by atoms with van der Waals surface area (Å²) in [6, 6.07) is 1.87. The third-order valence-electron chi connectivity index (χ3n) is 1.97. The van der Waals surface area contributed by atoms with Crippen LogP contribution in [0.3, 0.4) is 0 Å². The van der Waals surface area contributed by atoms with E-state index < -0.39 is 0 Å². The lowest BCUT2D eigenvalue weighted by Gasteiger charge is -1.96. The number of hydrogen-bond donors (Lipinski definition) is 1. The monoisotopic (exact) mass is 148 g/mol. The molecule has 0 bridgehead atoms. The molecule has 0 aliphatic carbocycles. The molecule has 0 saturated carbocycles. The molecule has 0 fully saturated rings. The van der Waals surface area contributed by atoms with Gasteiger partial charge in [0.05, 0.1) is 17.8 Å². The molecule has 1 atom stereocenters. The van der Waals surface area contributed by atoms with E-state index in [1.54, 1.807) is 12.4 Å². The lowest BCUT2D eigenvalue weighted by molar-refractivity contribution is -0.116. The van der Waals surface area contributed by atoms with Crippen LogP contribution in [0.4, 0.5) is 5.69 Å². The Kier molecular flexibility index (Phi) is 1.18. The molecule has 3 heteroatoms. The normalized spacial score (nSPS) is 21.2. The van der Waals surface area contributed by atoms with Gasteiger partial charge in [-0.05, 0) is 18.6 Å². The zero-order chi connectivity index (χ0) is 7.84. The Morgan fingerprint density at radius 1 is 1.64 bits per heavy atom. The van der Waals surface area contributed by atoms with Gasteiger partial charge in [0.15, 0.2) is 0 Å². The van der Waals surface area contributed by atoms with Crippen LogP contribution in [-0.2, 0) is 4.79 Å².